The third-order valence-electron chi connectivity index (χ3n) is 2.68. The van der Waals surface area contributed by atoms with Gasteiger partial charge in [0.15, 0.2) is 0 Å². The Kier molecular flexibility index (Phi) is 3.95. The Bertz CT molecular complexity index is 641. The number of nitrogens with two attached hydrogens (primary N) is 1. The van der Waals surface area contributed by atoms with E-state index in [0.29, 0.717) is 0 Å². The maximum atomic E-state index is 11.3. The lowest BCUT2D eigenvalue weighted by molar-refractivity contribution is -0.384. The van der Waals surface area contributed by atoms with Gasteiger partial charge in [0.1, 0.15) is 12.4 Å². The van der Waals surface area contributed by atoms with Crippen molar-refractivity contribution in [1.82, 2.24) is 0 Å². The third kappa shape index (κ3) is 3.11. The highest BCUT2D eigenvalue weighted by Crippen LogP contribution is 2.24. The minimum atomic E-state index is -0.767. The van der Waals surface area contributed by atoms with E-state index in [-0.39, 0.29) is 23.6 Å². The number of primary amides is 1. The predicted octanol–water partition coefficient (Wildman–Crippen LogP) is 2.27. The first-order chi connectivity index (χ1) is 9.58. The molecule has 0 fully saturated rings. The van der Waals surface area contributed by atoms with Gasteiger partial charge in [-0.3, -0.25) is 14.9 Å². The van der Waals surface area contributed by atoms with Gasteiger partial charge >= 0.3 is 0 Å². The van der Waals surface area contributed by atoms with Crippen LogP contribution in [0.4, 0.5) is 5.69 Å². The lowest BCUT2D eigenvalue weighted by Crippen LogP contribution is -2.13. The maximum Gasteiger partial charge on any atom is 0.270 e. The first kappa shape index (κ1) is 13.5. The van der Waals surface area contributed by atoms with Crippen LogP contribution in [0.5, 0.6) is 5.75 Å². The van der Waals surface area contributed by atoms with Crippen LogP contribution in [0.2, 0.25) is 0 Å². The van der Waals surface area contributed by atoms with E-state index in [1.54, 1.807) is 0 Å². The quantitative estimate of drug-likeness (QED) is 0.667. The summed E-state index contributed by atoms with van der Waals surface area (Å²) in [5.74, 6) is -0.538. The average molecular weight is 272 g/mol. The molecular weight excluding hydrogens is 260 g/mol. The Labute approximate surface area is 114 Å². The molecule has 0 unspecified atom stereocenters. The molecule has 20 heavy (non-hydrogen) atoms. The van der Waals surface area contributed by atoms with E-state index < -0.39 is 10.8 Å². The van der Waals surface area contributed by atoms with Gasteiger partial charge in [0, 0.05) is 12.1 Å². The Hall–Kier alpha value is -2.89. The highest BCUT2D eigenvalue weighted by molar-refractivity contribution is 5.96. The molecule has 6 nitrogen and oxygen atoms in total. The minimum absolute atomic E-state index is 0.00451. The third-order valence-corrected chi connectivity index (χ3v) is 2.68. The van der Waals surface area contributed by atoms with Gasteiger partial charge in [-0.1, -0.05) is 30.3 Å². The van der Waals surface area contributed by atoms with E-state index in [1.165, 1.54) is 12.1 Å². The van der Waals surface area contributed by atoms with E-state index in [2.05, 4.69) is 0 Å². The number of hydrogen-bond donors (Lipinski definition) is 1. The normalized spacial score (nSPS) is 10.0. The SMILES string of the molecule is NC(=O)c1cc([N+](=O)[O-])ccc1OCc1ccccc1. The number of amides is 1. The van der Waals surface area contributed by atoms with Crippen LogP contribution in [0.25, 0.3) is 0 Å². The summed E-state index contributed by atoms with van der Waals surface area (Å²) in [6, 6.07) is 13.1. The number of carbonyl (C=O) groups excluding carboxylic acids is 1. The van der Waals surface area contributed by atoms with Crippen molar-refractivity contribution in [2.75, 3.05) is 0 Å². The van der Waals surface area contributed by atoms with Crippen LogP contribution in [-0.2, 0) is 6.61 Å². The van der Waals surface area contributed by atoms with Gasteiger partial charge in [-0.15, -0.1) is 0 Å². The van der Waals surface area contributed by atoms with Crippen molar-refractivity contribution in [3.8, 4) is 5.75 Å². The van der Waals surface area contributed by atoms with Gasteiger partial charge in [0.05, 0.1) is 10.5 Å². The Morgan fingerprint density at radius 2 is 1.90 bits per heavy atom. The number of carbonyl (C=O) groups is 1. The molecule has 0 atom stereocenters. The molecule has 6 heteroatoms. The lowest BCUT2D eigenvalue weighted by Gasteiger charge is -2.09. The number of nitro benzene ring substituents is 1. The molecule has 2 rings (SSSR count). The van der Waals surface area contributed by atoms with Crippen LogP contribution < -0.4 is 10.5 Å². The summed E-state index contributed by atoms with van der Waals surface area (Å²) in [6.07, 6.45) is 0. The van der Waals surface area contributed by atoms with E-state index in [4.69, 9.17) is 10.5 Å². The second-order valence-electron chi connectivity index (χ2n) is 4.08. The molecule has 1 amide bonds. The number of non-ortho nitro benzene ring substituents is 1. The van der Waals surface area contributed by atoms with Crippen LogP contribution >= 0.6 is 0 Å². The summed E-state index contributed by atoms with van der Waals surface area (Å²) >= 11 is 0. The molecule has 0 heterocycles. The fraction of sp³-hybridized carbons (Fsp3) is 0.0714. The van der Waals surface area contributed by atoms with Gasteiger partial charge in [0.25, 0.3) is 11.6 Å². The van der Waals surface area contributed by atoms with Crippen LogP contribution in [0.15, 0.2) is 48.5 Å². The van der Waals surface area contributed by atoms with Crippen molar-refractivity contribution < 1.29 is 14.5 Å². The van der Waals surface area contributed by atoms with Crippen LogP contribution in [0, 0.1) is 10.1 Å². The fourth-order valence-corrected chi connectivity index (χ4v) is 1.69. The monoisotopic (exact) mass is 272 g/mol. The molecule has 0 spiro atoms. The van der Waals surface area contributed by atoms with Gasteiger partial charge in [-0.2, -0.15) is 0 Å². The van der Waals surface area contributed by atoms with Crippen LogP contribution in [-0.4, -0.2) is 10.8 Å². The highest BCUT2D eigenvalue weighted by atomic mass is 16.6. The molecule has 0 aromatic heterocycles. The number of nitro groups is 1. The number of nitrogens with zero attached hydrogens (tertiary/aromatic N) is 1. The fourth-order valence-electron chi connectivity index (χ4n) is 1.69. The number of benzene rings is 2. The van der Waals surface area contributed by atoms with Gasteiger partial charge in [-0.05, 0) is 11.6 Å². The number of hydrogen-bond acceptors (Lipinski definition) is 4. The molecule has 0 aliphatic rings. The molecule has 0 saturated heterocycles. The molecule has 2 aromatic rings. The van der Waals surface area contributed by atoms with Gasteiger partial charge < -0.3 is 10.5 Å². The summed E-state index contributed by atoms with van der Waals surface area (Å²) in [6.45, 7) is 0.249. The average Bonchev–Trinajstić information content (AvgIpc) is 2.45. The zero-order chi connectivity index (χ0) is 14.5. The lowest BCUT2D eigenvalue weighted by atomic mass is 10.1. The van der Waals surface area contributed by atoms with E-state index in [0.717, 1.165) is 11.6 Å². The van der Waals surface area contributed by atoms with Crippen molar-refractivity contribution in [3.05, 3.63) is 69.8 Å². The summed E-state index contributed by atoms with van der Waals surface area (Å²) in [7, 11) is 0. The van der Waals surface area contributed by atoms with Gasteiger partial charge in [0.2, 0.25) is 0 Å². The minimum Gasteiger partial charge on any atom is -0.488 e. The second-order valence-corrected chi connectivity index (χ2v) is 4.08. The zero-order valence-electron chi connectivity index (χ0n) is 10.5. The number of ether oxygens (including phenoxy) is 1. The summed E-state index contributed by atoms with van der Waals surface area (Å²) < 4.78 is 5.50. The van der Waals surface area contributed by atoms with Crippen LogP contribution in [0.3, 0.4) is 0 Å². The summed E-state index contributed by atoms with van der Waals surface area (Å²) in [4.78, 5) is 21.4. The molecule has 0 aliphatic carbocycles. The van der Waals surface area contributed by atoms with E-state index in [1.807, 2.05) is 30.3 Å². The van der Waals surface area contributed by atoms with Crippen molar-refractivity contribution in [3.63, 3.8) is 0 Å². The summed E-state index contributed by atoms with van der Waals surface area (Å²) in [5.41, 5.74) is 5.92. The second kappa shape index (κ2) is 5.83. The molecule has 0 saturated carbocycles. The topological polar surface area (TPSA) is 95.5 Å². The van der Waals surface area contributed by atoms with Crippen LogP contribution in [0.1, 0.15) is 15.9 Å². The molecule has 2 aromatic carbocycles. The molecule has 2 N–H and O–H groups in total. The predicted molar refractivity (Wildman–Crippen MR) is 72.4 cm³/mol. The Morgan fingerprint density at radius 1 is 1.20 bits per heavy atom. The molecule has 0 bridgehead atoms. The van der Waals surface area contributed by atoms with E-state index in [9.17, 15) is 14.9 Å². The van der Waals surface area contributed by atoms with Crippen molar-refractivity contribution in [2.45, 2.75) is 6.61 Å². The standard InChI is InChI=1S/C14H12N2O4/c15-14(17)12-8-11(16(18)19)6-7-13(12)20-9-10-4-2-1-3-5-10/h1-8H,9H2,(H2,15,17). The summed E-state index contributed by atoms with van der Waals surface area (Å²) in [5, 5.41) is 10.7. The first-order valence-corrected chi connectivity index (χ1v) is 5.83. The largest absolute Gasteiger partial charge is 0.488 e. The molecule has 0 aliphatic heterocycles. The molecule has 0 radical (unpaired) electrons. The van der Waals surface area contributed by atoms with Crippen molar-refractivity contribution in [2.24, 2.45) is 5.73 Å². The Balaban J connectivity index is 2.23. The molecule has 102 valence electrons. The van der Waals surface area contributed by atoms with Crippen molar-refractivity contribution in [1.29, 1.82) is 0 Å². The zero-order valence-corrected chi connectivity index (χ0v) is 10.5. The van der Waals surface area contributed by atoms with Gasteiger partial charge in [-0.25, -0.2) is 0 Å². The van der Waals surface area contributed by atoms with E-state index >= 15 is 0 Å². The molecular formula is C14H12N2O4. The number of rotatable bonds is 5. The highest BCUT2D eigenvalue weighted by Gasteiger charge is 2.15. The first-order valence-electron chi connectivity index (χ1n) is 5.83. The maximum absolute atomic E-state index is 11.3. The smallest absolute Gasteiger partial charge is 0.270 e. The Morgan fingerprint density at radius 3 is 2.50 bits per heavy atom. The van der Waals surface area contributed by atoms with Crippen molar-refractivity contribution >= 4 is 11.6 Å².